The number of hydrogen-bond acceptors (Lipinski definition) is 10. The molecule has 5 heterocycles. The molecule has 1 aromatic carbocycles. The number of aliphatic hydroxyl groups is 1. The molecule has 0 radical (unpaired) electrons. The van der Waals surface area contributed by atoms with Gasteiger partial charge in [0.05, 0.1) is 11.1 Å². The van der Waals surface area contributed by atoms with Crippen LogP contribution in [0.15, 0.2) is 18.2 Å². The number of likely N-dealkylation sites (tertiary alicyclic amines) is 2. The van der Waals surface area contributed by atoms with E-state index in [4.69, 9.17) is 19.7 Å². The molecule has 5 amide bonds. The lowest BCUT2D eigenvalue weighted by molar-refractivity contribution is -0.136. The monoisotopic (exact) mass is 643 g/mol. The molecule has 5 aliphatic rings. The van der Waals surface area contributed by atoms with E-state index < -0.39 is 29.4 Å². The zero-order valence-corrected chi connectivity index (χ0v) is 27.0. The molecule has 3 N–H and O–H groups in total. The van der Waals surface area contributed by atoms with Gasteiger partial charge in [-0.2, -0.15) is 0 Å². The maximum absolute atomic E-state index is 13.2. The van der Waals surface area contributed by atoms with Gasteiger partial charge in [0.1, 0.15) is 11.6 Å². The minimum atomic E-state index is -0.954. The molecule has 0 aliphatic carbocycles. The molecule has 14 heteroatoms. The van der Waals surface area contributed by atoms with E-state index in [-0.39, 0.29) is 36.7 Å². The number of carboxylic acid groups (broad SMARTS) is 1. The number of hydrogen-bond donors (Lipinski definition) is 3. The van der Waals surface area contributed by atoms with Crippen molar-refractivity contribution >= 4 is 41.9 Å². The van der Waals surface area contributed by atoms with Crippen LogP contribution in [0.4, 0.5) is 10.5 Å². The summed E-state index contributed by atoms with van der Waals surface area (Å²) in [5.74, 6) is -1.35. The number of carbonyl (C=O) groups is 6. The maximum atomic E-state index is 13.2. The fourth-order valence-electron chi connectivity index (χ4n) is 7.03. The number of anilines is 1. The lowest BCUT2D eigenvalue weighted by atomic mass is 9.78. The van der Waals surface area contributed by atoms with Gasteiger partial charge in [-0.15, -0.1) is 0 Å². The van der Waals surface area contributed by atoms with E-state index in [1.807, 2.05) is 31.7 Å². The number of carbonyl (C=O) groups excluding carboxylic acids is 5. The van der Waals surface area contributed by atoms with E-state index in [1.54, 1.807) is 12.1 Å². The zero-order chi connectivity index (χ0) is 33.8. The Morgan fingerprint density at radius 1 is 1.00 bits per heavy atom. The highest BCUT2D eigenvalue weighted by Gasteiger charge is 2.49. The van der Waals surface area contributed by atoms with Crippen LogP contribution in [0.3, 0.4) is 0 Å². The van der Waals surface area contributed by atoms with Gasteiger partial charge in [0.15, 0.2) is 0 Å². The summed E-state index contributed by atoms with van der Waals surface area (Å²) in [4.78, 5) is 78.5. The average molecular weight is 644 g/mol. The number of fused-ring (bicyclic) bond motifs is 1. The molecule has 1 atom stereocenters. The first-order valence-electron chi connectivity index (χ1n) is 15.7. The number of piperidine rings is 2. The fraction of sp³-hybridized carbons (Fsp3) is 0.625. The van der Waals surface area contributed by atoms with Crippen LogP contribution in [0.2, 0.25) is 0 Å². The van der Waals surface area contributed by atoms with Crippen LogP contribution in [-0.4, -0.2) is 126 Å². The predicted octanol–water partition coefficient (Wildman–Crippen LogP) is 1.56. The van der Waals surface area contributed by atoms with Gasteiger partial charge in [0.2, 0.25) is 11.8 Å². The minimum Gasteiger partial charge on any atom is -0.483 e. The number of imide groups is 2. The number of rotatable bonds is 4. The quantitative estimate of drug-likeness (QED) is 0.321. The van der Waals surface area contributed by atoms with Gasteiger partial charge in [-0.05, 0) is 77.1 Å². The predicted molar refractivity (Wildman–Crippen MR) is 166 cm³/mol. The van der Waals surface area contributed by atoms with E-state index in [1.165, 1.54) is 0 Å². The minimum absolute atomic E-state index is 0.104. The summed E-state index contributed by atoms with van der Waals surface area (Å²) in [5.41, 5.74) is 1.30. The van der Waals surface area contributed by atoms with Gasteiger partial charge in [-0.1, -0.05) is 0 Å². The summed E-state index contributed by atoms with van der Waals surface area (Å²) in [5, 5.41) is 16.1. The number of nitrogens with zero attached hydrogens (tertiary/aromatic N) is 4. The van der Waals surface area contributed by atoms with Gasteiger partial charge in [0.25, 0.3) is 18.3 Å². The van der Waals surface area contributed by atoms with Crippen LogP contribution in [0, 0.1) is 11.3 Å². The van der Waals surface area contributed by atoms with Gasteiger partial charge >= 0.3 is 6.09 Å². The smallest absolute Gasteiger partial charge is 0.410 e. The van der Waals surface area contributed by atoms with Crippen LogP contribution < -0.4 is 10.2 Å². The van der Waals surface area contributed by atoms with Crippen LogP contribution in [0.25, 0.3) is 0 Å². The highest BCUT2D eigenvalue weighted by atomic mass is 16.6. The summed E-state index contributed by atoms with van der Waals surface area (Å²) < 4.78 is 5.53. The fourth-order valence-corrected chi connectivity index (χ4v) is 7.03. The first-order chi connectivity index (χ1) is 21.8. The number of benzene rings is 1. The lowest BCUT2D eigenvalue weighted by Crippen LogP contribution is -2.58. The Morgan fingerprint density at radius 3 is 2.24 bits per heavy atom. The van der Waals surface area contributed by atoms with E-state index in [2.05, 4.69) is 15.1 Å². The summed E-state index contributed by atoms with van der Waals surface area (Å²) in [6.07, 6.45) is 3.15. The van der Waals surface area contributed by atoms with Crippen LogP contribution in [0.5, 0.6) is 0 Å². The van der Waals surface area contributed by atoms with Crippen LogP contribution in [0.1, 0.15) is 73.6 Å². The largest absolute Gasteiger partial charge is 0.483 e. The van der Waals surface area contributed by atoms with E-state index >= 15 is 0 Å². The third-order valence-electron chi connectivity index (χ3n) is 9.14. The van der Waals surface area contributed by atoms with Crippen molar-refractivity contribution in [2.75, 3.05) is 57.8 Å². The van der Waals surface area contributed by atoms with Gasteiger partial charge in [-0.3, -0.25) is 34.2 Å². The third kappa shape index (κ3) is 7.49. The van der Waals surface area contributed by atoms with Crippen LogP contribution >= 0.6 is 0 Å². The Morgan fingerprint density at radius 2 is 1.63 bits per heavy atom. The third-order valence-corrected chi connectivity index (χ3v) is 9.14. The molecule has 0 saturated carbocycles. The summed E-state index contributed by atoms with van der Waals surface area (Å²) >= 11 is 0. The van der Waals surface area contributed by atoms with Gasteiger partial charge < -0.3 is 29.6 Å². The Kier molecular flexibility index (Phi) is 10.7. The number of amides is 5. The first-order valence-corrected chi connectivity index (χ1v) is 15.7. The molecule has 6 rings (SSSR count). The highest BCUT2D eigenvalue weighted by Crippen LogP contribution is 2.43. The Labute approximate surface area is 268 Å². The van der Waals surface area contributed by atoms with Gasteiger partial charge in [-0.25, -0.2) is 4.79 Å². The molecule has 1 spiro atoms. The molecule has 1 aromatic rings. The SMILES string of the molecule is CC(C)(C)OC(=O)N1CCC(CN2CCC3(C2)CN(c2ccc4c(c2)C(=O)N(C2CCC(=O)NC2=O)C4=O)C3)CC1.CO.O=CO. The average Bonchev–Trinajstić information content (AvgIpc) is 3.52. The van der Waals surface area contributed by atoms with Crippen molar-refractivity contribution in [1.29, 1.82) is 0 Å². The second kappa shape index (κ2) is 14.2. The molecule has 46 heavy (non-hydrogen) atoms. The molecule has 4 fully saturated rings. The maximum Gasteiger partial charge on any atom is 0.410 e. The number of aliphatic hydroxyl groups excluding tert-OH is 1. The van der Waals surface area contributed by atoms with Crippen molar-refractivity contribution in [3.05, 3.63) is 29.3 Å². The second-order valence-corrected chi connectivity index (χ2v) is 13.5. The molecule has 0 aromatic heterocycles. The van der Waals surface area contributed by atoms with Gasteiger partial charge in [0, 0.05) is 63.9 Å². The molecule has 5 aliphatic heterocycles. The topological polar surface area (TPSA) is 177 Å². The Balaban J connectivity index is 0.000000908. The van der Waals surface area contributed by atoms with E-state index in [9.17, 15) is 24.0 Å². The van der Waals surface area contributed by atoms with Crippen molar-refractivity contribution in [2.45, 2.75) is 64.5 Å². The molecule has 0 bridgehead atoms. The summed E-state index contributed by atoms with van der Waals surface area (Å²) in [7, 11) is 1.00. The second-order valence-electron chi connectivity index (χ2n) is 13.5. The van der Waals surface area contributed by atoms with Crippen LogP contribution in [-0.2, 0) is 19.1 Å². The number of ether oxygens (including phenoxy) is 1. The van der Waals surface area contributed by atoms with Crippen molar-refractivity contribution in [1.82, 2.24) is 20.0 Å². The van der Waals surface area contributed by atoms with Crippen molar-refractivity contribution in [3.63, 3.8) is 0 Å². The lowest BCUT2D eigenvalue weighted by Gasteiger charge is -2.49. The molecule has 4 saturated heterocycles. The zero-order valence-electron chi connectivity index (χ0n) is 27.0. The number of nitrogens with one attached hydrogen (secondary N) is 1. The Bertz CT molecular complexity index is 1350. The molecular formula is C32H45N5O9. The summed E-state index contributed by atoms with van der Waals surface area (Å²) in [6.45, 7) is 11.9. The standard InChI is InChI=1S/C30H39N5O6.CH2O2.CH4O/c1-29(2,3)41-28(40)33-11-8-19(9-12-33)15-32-13-10-30(16-32)17-34(18-30)20-4-5-21-22(14-20)27(39)35(26(21)38)23-6-7-24(36)31-25(23)37;2-1-3;1-2/h4-5,14,19,23H,6-13,15-18H2,1-3H3,(H,31,36,37);1H,(H,2,3);2H,1H3. The van der Waals surface area contributed by atoms with Crippen molar-refractivity contribution in [2.24, 2.45) is 11.3 Å². The normalized spacial score (nSPS) is 22.7. The molecular weight excluding hydrogens is 598 g/mol. The first kappa shape index (κ1) is 34.8. The summed E-state index contributed by atoms with van der Waals surface area (Å²) in [6, 6.07) is 4.40. The van der Waals surface area contributed by atoms with E-state index in [0.29, 0.717) is 17.0 Å². The highest BCUT2D eigenvalue weighted by molar-refractivity contribution is 6.23. The van der Waals surface area contributed by atoms with Crippen molar-refractivity contribution < 1.29 is 43.7 Å². The molecule has 252 valence electrons. The molecule has 14 nitrogen and oxygen atoms in total. The molecule has 1 unspecified atom stereocenters. The van der Waals surface area contributed by atoms with Crippen molar-refractivity contribution in [3.8, 4) is 0 Å². The van der Waals surface area contributed by atoms with E-state index in [0.717, 1.165) is 82.8 Å². The Hall–Kier alpha value is -4.04.